The van der Waals surface area contributed by atoms with Crippen molar-refractivity contribution in [3.63, 3.8) is 0 Å². The summed E-state index contributed by atoms with van der Waals surface area (Å²) >= 11 is 0. The molecule has 0 spiro atoms. The lowest BCUT2D eigenvalue weighted by Gasteiger charge is -2.13. The molecule has 2 rings (SSSR count). The Morgan fingerprint density at radius 2 is 1.79 bits per heavy atom. The summed E-state index contributed by atoms with van der Waals surface area (Å²) < 4.78 is 5.06. The molecule has 0 unspecified atom stereocenters. The topological polar surface area (TPSA) is 95.6 Å². The molecule has 28 heavy (non-hydrogen) atoms. The quantitative estimate of drug-likeness (QED) is 0.388. The molecule has 0 atom stereocenters. The van der Waals surface area contributed by atoms with Gasteiger partial charge < -0.3 is 15.0 Å². The van der Waals surface area contributed by atoms with Gasteiger partial charge in [0.2, 0.25) is 0 Å². The molecule has 3 N–H and O–H groups in total. The van der Waals surface area contributed by atoms with Crippen LogP contribution in [0, 0.1) is 34.6 Å². The molecule has 0 saturated carbocycles. The first-order valence-corrected chi connectivity index (χ1v) is 9.24. The van der Waals surface area contributed by atoms with E-state index in [1.165, 1.54) is 11.8 Å². The standard InChI is InChI=1S/C21H28N4O3/c1-7-28-21(27)19-15(5)17(24-16(19)6)10-23-25-18(26)11-22-20-13(3)8-12(2)9-14(20)4/h8-10,22,24H,7,11H2,1-6H3,(H,25,26)/b23-10+. The molecule has 0 saturated heterocycles. The molecule has 0 aliphatic rings. The highest BCUT2D eigenvalue weighted by Crippen LogP contribution is 2.21. The molecule has 7 nitrogen and oxygen atoms in total. The number of aromatic amines is 1. The van der Waals surface area contributed by atoms with Crippen LogP contribution in [0.5, 0.6) is 0 Å². The summed E-state index contributed by atoms with van der Waals surface area (Å²) in [4.78, 5) is 27.2. The van der Waals surface area contributed by atoms with Crippen molar-refractivity contribution in [2.45, 2.75) is 41.5 Å². The van der Waals surface area contributed by atoms with E-state index in [0.717, 1.165) is 22.4 Å². The zero-order chi connectivity index (χ0) is 20.8. The van der Waals surface area contributed by atoms with Crippen molar-refractivity contribution in [1.29, 1.82) is 0 Å². The summed E-state index contributed by atoms with van der Waals surface area (Å²) in [7, 11) is 0. The van der Waals surface area contributed by atoms with Crippen LogP contribution in [0.3, 0.4) is 0 Å². The highest BCUT2D eigenvalue weighted by molar-refractivity contribution is 5.96. The summed E-state index contributed by atoms with van der Waals surface area (Å²) in [6.07, 6.45) is 1.49. The van der Waals surface area contributed by atoms with Crippen LogP contribution in [0.4, 0.5) is 5.69 Å². The van der Waals surface area contributed by atoms with Gasteiger partial charge in [-0.15, -0.1) is 0 Å². The van der Waals surface area contributed by atoms with Crippen LogP contribution < -0.4 is 10.7 Å². The van der Waals surface area contributed by atoms with Crippen molar-refractivity contribution in [2.24, 2.45) is 5.10 Å². The number of nitrogens with zero attached hydrogens (tertiary/aromatic N) is 1. The zero-order valence-electron chi connectivity index (χ0n) is 17.3. The molecule has 7 heteroatoms. The van der Waals surface area contributed by atoms with Crippen molar-refractivity contribution < 1.29 is 14.3 Å². The first-order chi connectivity index (χ1) is 13.2. The van der Waals surface area contributed by atoms with Gasteiger partial charge >= 0.3 is 5.97 Å². The molecule has 0 radical (unpaired) electrons. The fraction of sp³-hybridized carbons (Fsp3) is 0.381. The van der Waals surface area contributed by atoms with Gasteiger partial charge in [-0.2, -0.15) is 5.10 Å². The summed E-state index contributed by atoms with van der Waals surface area (Å²) in [5.41, 5.74) is 9.42. The Morgan fingerprint density at radius 1 is 1.14 bits per heavy atom. The number of aromatic nitrogens is 1. The number of H-pyrrole nitrogens is 1. The molecule has 1 aromatic carbocycles. The SMILES string of the molecule is CCOC(=O)c1c(C)[nH]c(/C=N/NC(=O)CNc2c(C)cc(C)cc2C)c1C. The smallest absolute Gasteiger partial charge is 0.340 e. The number of hydrogen-bond donors (Lipinski definition) is 3. The molecule has 0 aliphatic heterocycles. The van der Waals surface area contributed by atoms with E-state index < -0.39 is 0 Å². The van der Waals surface area contributed by atoms with E-state index in [1.807, 2.05) is 27.7 Å². The third-order valence-corrected chi connectivity index (χ3v) is 4.44. The molecule has 0 aliphatic carbocycles. The molecule has 1 aromatic heterocycles. The summed E-state index contributed by atoms with van der Waals surface area (Å²) in [6, 6.07) is 4.14. The van der Waals surface area contributed by atoms with E-state index in [0.29, 0.717) is 23.6 Å². The van der Waals surface area contributed by atoms with E-state index in [1.54, 1.807) is 13.8 Å². The van der Waals surface area contributed by atoms with Crippen molar-refractivity contribution in [1.82, 2.24) is 10.4 Å². The zero-order valence-corrected chi connectivity index (χ0v) is 17.3. The minimum absolute atomic E-state index is 0.110. The summed E-state index contributed by atoms with van der Waals surface area (Å²) in [5, 5.41) is 7.14. The lowest BCUT2D eigenvalue weighted by Crippen LogP contribution is -2.26. The van der Waals surface area contributed by atoms with E-state index in [4.69, 9.17) is 4.74 Å². The fourth-order valence-electron chi connectivity index (χ4n) is 3.25. The van der Waals surface area contributed by atoms with Crippen molar-refractivity contribution in [2.75, 3.05) is 18.5 Å². The molecule has 0 fully saturated rings. The molecular weight excluding hydrogens is 356 g/mol. The fourth-order valence-corrected chi connectivity index (χ4v) is 3.25. The first-order valence-electron chi connectivity index (χ1n) is 9.24. The number of hydrazone groups is 1. The normalized spacial score (nSPS) is 10.9. The van der Waals surface area contributed by atoms with E-state index in [-0.39, 0.29) is 18.4 Å². The van der Waals surface area contributed by atoms with Crippen LogP contribution in [-0.2, 0) is 9.53 Å². The van der Waals surface area contributed by atoms with Gasteiger partial charge in [-0.1, -0.05) is 17.7 Å². The maximum atomic E-state index is 12.1. The van der Waals surface area contributed by atoms with Gasteiger partial charge in [0.05, 0.1) is 30.6 Å². The number of nitrogens with one attached hydrogen (secondary N) is 3. The second kappa shape index (κ2) is 9.21. The van der Waals surface area contributed by atoms with Gasteiger partial charge in [0.25, 0.3) is 5.91 Å². The number of benzene rings is 1. The largest absolute Gasteiger partial charge is 0.462 e. The lowest BCUT2D eigenvalue weighted by atomic mass is 10.1. The maximum Gasteiger partial charge on any atom is 0.340 e. The average molecular weight is 384 g/mol. The maximum absolute atomic E-state index is 12.1. The van der Waals surface area contributed by atoms with Crippen LogP contribution in [0.1, 0.15) is 50.9 Å². The lowest BCUT2D eigenvalue weighted by molar-refractivity contribution is -0.119. The second-order valence-electron chi connectivity index (χ2n) is 6.80. The summed E-state index contributed by atoms with van der Waals surface area (Å²) in [5.74, 6) is -0.632. The average Bonchev–Trinajstić information content (AvgIpc) is 2.88. The van der Waals surface area contributed by atoms with Crippen LogP contribution >= 0.6 is 0 Å². The van der Waals surface area contributed by atoms with Gasteiger partial charge in [0.1, 0.15) is 0 Å². The number of esters is 1. The number of carbonyl (C=O) groups excluding carboxylic acids is 2. The van der Waals surface area contributed by atoms with Gasteiger partial charge in [-0.25, -0.2) is 10.2 Å². The number of hydrogen-bond acceptors (Lipinski definition) is 5. The molecule has 150 valence electrons. The van der Waals surface area contributed by atoms with Crippen LogP contribution in [0.15, 0.2) is 17.2 Å². The molecule has 1 heterocycles. The number of rotatable bonds is 7. The Labute approximate surface area is 165 Å². The number of aryl methyl sites for hydroxylation is 4. The van der Waals surface area contributed by atoms with Crippen molar-refractivity contribution in [3.05, 3.63) is 51.3 Å². The van der Waals surface area contributed by atoms with Crippen molar-refractivity contribution in [3.8, 4) is 0 Å². The van der Waals surface area contributed by atoms with Gasteiger partial charge in [0, 0.05) is 11.4 Å². The highest BCUT2D eigenvalue weighted by atomic mass is 16.5. The second-order valence-corrected chi connectivity index (χ2v) is 6.80. The number of amides is 1. The Bertz CT molecular complexity index is 890. The highest BCUT2D eigenvalue weighted by Gasteiger charge is 2.18. The van der Waals surface area contributed by atoms with Gasteiger partial charge in [-0.05, 0) is 58.2 Å². The van der Waals surface area contributed by atoms with Gasteiger partial charge in [0.15, 0.2) is 0 Å². The third-order valence-electron chi connectivity index (χ3n) is 4.44. The number of ether oxygens (including phenoxy) is 1. The Morgan fingerprint density at radius 3 is 2.39 bits per heavy atom. The van der Waals surface area contributed by atoms with Crippen LogP contribution in [-0.4, -0.2) is 36.2 Å². The molecule has 0 bridgehead atoms. The minimum atomic E-state index is -0.370. The first kappa shape index (κ1) is 21.2. The predicted octanol–water partition coefficient (Wildman–Crippen LogP) is 3.30. The Kier molecular flexibility index (Phi) is 6.98. The Balaban J connectivity index is 1.97. The Hall–Kier alpha value is -3.09. The van der Waals surface area contributed by atoms with E-state index >= 15 is 0 Å². The summed E-state index contributed by atoms with van der Waals surface area (Å²) in [6.45, 7) is 11.9. The van der Waals surface area contributed by atoms with E-state index in [9.17, 15) is 9.59 Å². The van der Waals surface area contributed by atoms with Crippen LogP contribution in [0.2, 0.25) is 0 Å². The molecule has 1 amide bonds. The number of carbonyl (C=O) groups is 2. The minimum Gasteiger partial charge on any atom is -0.462 e. The monoisotopic (exact) mass is 384 g/mol. The molecule has 2 aromatic rings. The van der Waals surface area contributed by atoms with E-state index in [2.05, 4.69) is 33.0 Å². The third kappa shape index (κ3) is 5.00. The molecular formula is C21H28N4O3. The van der Waals surface area contributed by atoms with Crippen molar-refractivity contribution >= 4 is 23.8 Å². The number of anilines is 1. The predicted molar refractivity (Wildman–Crippen MR) is 111 cm³/mol. The van der Waals surface area contributed by atoms with Gasteiger partial charge in [-0.3, -0.25) is 4.79 Å². The van der Waals surface area contributed by atoms with Crippen LogP contribution in [0.25, 0.3) is 0 Å².